The summed E-state index contributed by atoms with van der Waals surface area (Å²) in [6.45, 7) is 3.45. The largest absolute Gasteiger partial charge is 0.322 e. The Labute approximate surface area is 105 Å². The topological polar surface area (TPSA) is 42.0 Å². The van der Waals surface area contributed by atoms with Crippen molar-refractivity contribution in [2.75, 3.05) is 5.32 Å². The van der Waals surface area contributed by atoms with Crippen LogP contribution in [-0.2, 0) is 0 Å². The van der Waals surface area contributed by atoms with E-state index in [1.807, 2.05) is 6.92 Å². The highest BCUT2D eigenvalue weighted by Crippen LogP contribution is 2.14. The number of nitrogens with zero attached hydrogens (tertiary/aromatic N) is 1. The van der Waals surface area contributed by atoms with Gasteiger partial charge in [0.25, 0.3) is 5.91 Å². The number of aryl methyl sites for hydroxylation is 2. The summed E-state index contributed by atoms with van der Waals surface area (Å²) in [7, 11) is 0. The van der Waals surface area contributed by atoms with Crippen molar-refractivity contribution in [1.82, 2.24) is 4.98 Å². The van der Waals surface area contributed by atoms with Gasteiger partial charge >= 0.3 is 0 Å². The summed E-state index contributed by atoms with van der Waals surface area (Å²) >= 11 is 0. The van der Waals surface area contributed by atoms with Gasteiger partial charge in [0.15, 0.2) is 0 Å². The number of benzene rings is 1. The molecule has 0 unspecified atom stereocenters. The lowest BCUT2D eigenvalue weighted by molar-refractivity contribution is 0.102. The van der Waals surface area contributed by atoms with Crippen molar-refractivity contribution in [2.24, 2.45) is 0 Å². The third kappa shape index (κ3) is 2.53. The van der Waals surface area contributed by atoms with Crippen molar-refractivity contribution in [1.29, 1.82) is 0 Å². The summed E-state index contributed by atoms with van der Waals surface area (Å²) in [6, 6.07) is 8.14. The van der Waals surface area contributed by atoms with Crippen LogP contribution in [-0.4, -0.2) is 10.9 Å². The summed E-state index contributed by atoms with van der Waals surface area (Å²) < 4.78 is 13.8. The highest BCUT2D eigenvalue weighted by atomic mass is 19.1. The zero-order chi connectivity index (χ0) is 13.1. The number of carbonyl (C=O) groups excluding carboxylic acids is 1. The minimum absolute atomic E-state index is 0.0458. The number of amides is 1. The molecule has 0 fully saturated rings. The van der Waals surface area contributed by atoms with E-state index < -0.39 is 11.7 Å². The third-order valence-corrected chi connectivity index (χ3v) is 2.59. The zero-order valence-electron chi connectivity index (χ0n) is 10.2. The lowest BCUT2D eigenvalue weighted by Gasteiger charge is -2.07. The average Bonchev–Trinajstić information content (AvgIpc) is 2.32. The highest BCUT2D eigenvalue weighted by molar-refractivity contribution is 6.04. The van der Waals surface area contributed by atoms with Crippen molar-refractivity contribution in [2.45, 2.75) is 13.8 Å². The Bertz CT molecular complexity index is 596. The second-order valence-electron chi connectivity index (χ2n) is 4.08. The Morgan fingerprint density at radius 1 is 1.28 bits per heavy atom. The van der Waals surface area contributed by atoms with E-state index >= 15 is 0 Å². The fourth-order valence-corrected chi connectivity index (χ4v) is 1.64. The molecule has 0 aliphatic carbocycles. The molecule has 0 spiro atoms. The predicted octanol–water partition coefficient (Wildman–Crippen LogP) is 3.09. The van der Waals surface area contributed by atoms with Gasteiger partial charge in [-0.05, 0) is 37.6 Å². The Hall–Kier alpha value is -2.23. The minimum atomic E-state index is -0.485. The van der Waals surface area contributed by atoms with Crippen LogP contribution in [0.3, 0.4) is 0 Å². The number of pyridine rings is 1. The van der Waals surface area contributed by atoms with Crippen molar-refractivity contribution in [3.8, 4) is 0 Å². The van der Waals surface area contributed by atoms with Crippen molar-refractivity contribution in [3.05, 3.63) is 59.2 Å². The second-order valence-corrected chi connectivity index (χ2v) is 4.08. The maximum absolute atomic E-state index is 13.8. The molecule has 0 saturated carbocycles. The van der Waals surface area contributed by atoms with E-state index in [9.17, 15) is 9.18 Å². The predicted molar refractivity (Wildman–Crippen MR) is 68.1 cm³/mol. The van der Waals surface area contributed by atoms with Crippen LogP contribution in [0.1, 0.15) is 21.6 Å². The number of aromatic nitrogens is 1. The normalized spacial score (nSPS) is 10.2. The maximum atomic E-state index is 13.8. The van der Waals surface area contributed by atoms with Gasteiger partial charge < -0.3 is 5.32 Å². The number of carbonyl (C=O) groups is 1. The van der Waals surface area contributed by atoms with Crippen LogP contribution in [0, 0.1) is 19.7 Å². The molecule has 92 valence electrons. The second kappa shape index (κ2) is 4.96. The molecule has 1 amide bonds. The molecule has 0 saturated heterocycles. The van der Waals surface area contributed by atoms with Gasteiger partial charge in [-0.1, -0.05) is 12.1 Å². The van der Waals surface area contributed by atoms with Gasteiger partial charge in [-0.25, -0.2) is 4.39 Å². The molecule has 3 nitrogen and oxygen atoms in total. The smallest absolute Gasteiger partial charge is 0.258 e. The van der Waals surface area contributed by atoms with E-state index in [-0.39, 0.29) is 5.56 Å². The summed E-state index contributed by atoms with van der Waals surface area (Å²) in [5.74, 6) is -0.942. The molecule has 0 atom stereocenters. The van der Waals surface area contributed by atoms with Crippen molar-refractivity contribution in [3.63, 3.8) is 0 Å². The molecule has 18 heavy (non-hydrogen) atoms. The van der Waals surface area contributed by atoms with Gasteiger partial charge in [-0.15, -0.1) is 0 Å². The third-order valence-electron chi connectivity index (χ3n) is 2.59. The van der Waals surface area contributed by atoms with Gasteiger partial charge in [0, 0.05) is 17.6 Å². The number of hydrogen-bond donors (Lipinski definition) is 1. The van der Waals surface area contributed by atoms with Crippen LogP contribution in [0.4, 0.5) is 10.1 Å². The van der Waals surface area contributed by atoms with Gasteiger partial charge in [0.2, 0.25) is 0 Å². The molecule has 1 N–H and O–H groups in total. The average molecular weight is 244 g/mol. The molecule has 0 aliphatic rings. The standard InChI is InChI=1S/C14H13FN2O/c1-9-4-3-5-12(13(9)15)14(18)17-11-6-7-16-10(2)8-11/h3-8H,1-2H3,(H,16,17,18). The van der Waals surface area contributed by atoms with E-state index in [2.05, 4.69) is 10.3 Å². The van der Waals surface area contributed by atoms with Crippen LogP contribution in [0.15, 0.2) is 36.5 Å². The monoisotopic (exact) mass is 244 g/mol. The van der Waals surface area contributed by atoms with E-state index in [0.29, 0.717) is 11.3 Å². The van der Waals surface area contributed by atoms with E-state index in [1.54, 1.807) is 37.4 Å². The molecule has 0 radical (unpaired) electrons. The maximum Gasteiger partial charge on any atom is 0.258 e. The van der Waals surface area contributed by atoms with Crippen molar-refractivity contribution < 1.29 is 9.18 Å². The molecular weight excluding hydrogens is 231 g/mol. The first-order valence-corrected chi connectivity index (χ1v) is 5.57. The van der Waals surface area contributed by atoms with E-state index in [1.165, 1.54) is 6.07 Å². The minimum Gasteiger partial charge on any atom is -0.322 e. The molecule has 1 aromatic heterocycles. The summed E-state index contributed by atoms with van der Waals surface area (Å²) in [5, 5.41) is 2.65. The summed E-state index contributed by atoms with van der Waals surface area (Å²) in [4.78, 5) is 16.0. The fraction of sp³-hybridized carbons (Fsp3) is 0.143. The molecule has 1 heterocycles. The van der Waals surface area contributed by atoms with Gasteiger partial charge in [0.05, 0.1) is 5.56 Å². The molecule has 2 rings (SSSR count). The first-order valence-electron chi connectivity index (χ1n) is 5.57. The summed E-state index contributed by atoms with van der Waals surface area (Å²) in [6.07, 6.45) is 1.59. The number of hydrogen-bond acceptors (Lipinski definition) is 2. The molecule has 0 aliphatic heterocycles. The van der Waals surface area contributed by atoms with Gasteiger partial charge in [0.1, 0.15) is 5.82 Å². The molecule has 4 heteroatoms. The first-order chi connectivity index (χ1) is 8.58. The van der Waals surface area contributed by atoms with Crippen LogP contribution >= 0.6 is 0 Å². The van der Waals surface area contributed by atoms with Crippen LogP contribution in [0.25, 0.3) is 0 Å². The van der Waals surface area contributed by atoms with Crippen LogP contribution in [0.2, 0.25) is 0 Å². The van der Waals surface area contributed by atoms with Gasteiger partial charge in [-0.2, -0.15) is 0 Å². The Morgan fingerprint density at radius 3 is 2.78 bits per heavy atom. The number of anilines is 1. The van der Waals surface area contributed by atoms with Crippen molar-refractivity contribution >= 4 is 11.6 Å². The number of halogens is 1. The Kier molecular flexibility index (Phi) is 3.37. The number of nitrogens with one attached hydrogen (secondary N) is 1. The highest BCUT2D eigenvalue weighted by Gasteiger charge is 2.13. The zero-order valence-corrected chi connectivity index (χ0v) is 10.2. The van der Waals surface area contributed by atoms with Crippen LogP contribution in [0.5, 0.6) is 0 Å². The van der Waals surface area contributed by atoms with Gasteiger partial charge in [-0.3, -0.25) is 9.78 Å². The summed E-state index contributed by atoms with van der Waals surface area (Å²) in [5.41, 5.74) is 1.89. The van der Waals surface area contributed by atoms with E-state index in [4.69, 9.17) is 0 Å². The first kappa shape index (κ1) is 12.2. The molecule has 1 aromatic carbocycles. The quantitative estimate of drug-likeness (QED) is 0.882. The lowest BCUT2D eigenvalue weighted by atomic mass is 10.1. The molecule has 0 bridgehead atoms. The van der Waals surface area contributed by atoms with Crippen LogP contribution < -0.4 is 5.32 Å². The SMILES string of the molecule is Cc1cc(NC(=O)c2cccc(C)c2F)ccn1. The number of rotatable bonds is 2. The fourth-order valence-electron chi connectivity index (χ4n) is 1.64. The molecular formula is C14H13FN2O. The lowest BCUT2D eigenvalue weighted by Crippen LogP contribution is -2.14. The molecule has 2 aromatic rings. The Morgan fingerprint density at radius 2 is 2.06 bits per heavy atom. The van der Waals surface area contributed by atoms with E-state index in [0.717, 1.165) is 5.69 Å². The Balaban J connectivity index is 2.25.